The van der Waals surface area contributed by atoms with Crippen LogP contribution in [0.15, 0.2) is 76.6 Å². The molecular formula is C20H17NO3S2. The minimum absolute atomic E-state index is 0.194. The zero-order chi connectivity index (χ0) is 18.1. The van der Waals surface area contributed by atoms with Gasteiger partial charge in [-0.25, -0.2) is 12.7 Å². The molecule has 0 atom stereocenters. The summed E-state index contributed by atoms with van der Waals surface area (Å²) in [6, 6.07) is 18.0. The molecule has 0 saturated heterocycles. The van der Waals surface area contributed by atoms with Crippen LogP contribution in [0.25, 0.3) is 6.08 Å². The van der Waals surface area contributed by atoms with Crippen LogP contribution in [0.5, 0.6) is 5.75 Å². The molecule has 2 aromatic carbocycles. The minimum Gasteiger partial charge on any atom is -0.485 e. The molecule has 4 rings (SSSR count). The number of ether oxygens (including phenoxy) is 1. The van der Waals surface area contributed by atoms with Crippen LogP contribution < -0.4 is 9.04 Å². The third-order valence-corrected chi connectivity index (χ3v) is 6.73. The van der Waals surface area contributed by atoms with Gasteiger partial charge in [-0.15, -0.1) is 11.3 Å². The van der Waals surface area contributed by atoms with Gasteiger partial charge in [0.2, 0.25) is 0 Å². The van der Waals surface area contributed by atoms with Crippen LogP contribution in [-0.4, -0.2) is 15.0 Å². The van der Waals surface area contributed by atoms with E-state index in [4.69, 9.17) is 4.74 Å². The predicted octanol–water partition coefficient (Wildman–Crippen LogP) is 4.69. The third-order valence-electron chi connectivity index (χ3n) is 4.13. The van der Waals surface area contributed by atoms with Crippen LogP contribution >= 0.6 is 11.3 Å². The van der Waals surface area contributed by atoms with E-state index in [1.54, 1.807) is 35.6 Å². The molecule has 0 spiro atoms. The Morgan fingerprint density at radius 2 is 1.81 bits per heavy atom. The van der Waals surface area contributed by atoms with Crippen LogP contribution in [-0.2, 0) is 10.0 Å². The first-order chi connectivity index (χ1) is 12.6. The Bertz CT molecular complexity index is 1050. The lowest BCUT2D eigenvalue weighted by atomic mass is 10.2. The standard InChI is InChI=1S/C20H17NO3S2/c1-15-8-10-18(11-9-15)26(22,23)21-16(13-17-5-4-12-25-17)14-24-20-7-3-2-6-19(20)21/h2-13H,14H2,1H3/b16-13+. The van der Waals surface area contributed by atoms with Crippen LogP contribution in [0.2, 0.25) is 0 Å². The maximum Gasteiger partial charge on any atom is 0.268 e. The highest BCUT2D eigenvalue weighted by Gasteiger charge is 2.33. The second-order valence-electron chi connectivity index (χ2n) is 5.99. The molecule has 26 heavy (non-hydrogen) atoms. The van der Waals surface area contributed by atoms with Crippen LogP contribution in [0.3, 0.4) is 0 Å². The van der Waals surface area contributed by atoms with Crippen molar-refractivity contribution in [3.05, 3.63) is 82.2 Å². The Kier molecular flexibility index (Phi) is 4.30. The maximum absolute atomic E-state index is 13.4. The fraction of sp³-hybridized carbons (Fsp3) is 0.100. The topological polar surface area (TPSA) is 46.6 Å². The highest BCUT2D eigenvalue weighted by Crippen LogP contribution is 2.39. The van der Waals surface area contributed by atoms with Gasteiger partial charge in [0, 0.05) is 4.88 Å². The number of aryl methyl sites for hydroxylation is 1. The summed E-state index contributed by atoms with van der Waals surface area (Å²) in [5.41, 5.74) is 2.13. The van der Waals surface area contributed by atoms with Gasteiger partial charge >= 0.3 is 0 Å². The second kappa shape index (κ2) is 6.63. The molecule has 0 N–H and O–H groups in total. The number of sulfonamides is 1. The summed E-state index contributed by atoms with van der Waals surface area (Å²) in [6.07, 6.45) is 1.87. The number of thiophene rings is 1. The molecule has 2 heterocycles. The van der Waals surface area contributed by atoms with E-state index in [9.17, 15) is 8.42 Å². The molecule has 3 aromatic rings. The monoisotopic (exact) mass is 383 g/mol. The number of fused-ring (bicyclic) bond motifs is 1. The molecule has 0 fully saturated rings. The smallest absolute Gasteiger partial charge is 0.268 e. The molecule has 6 heteroatoms. The first kappa shape index (κ1) is 16.9. The lowest BCUT2D eigenvalue weighted by molar-refractivity contribution is 0.342. The Morgan fingerprint density at radius 3 is 2.54 bits per heavy atom. The van der Waals surface area contributed by atoms with Crippen molar-refractivity contribution in [3.63, 3.8) is 0 Å². The molecule has 1 aliphatic rings. The molecule has 0 radical (unpaired) electrons. The van der Waals surface area contributed by atoms with Crippen molar-refractivity contribution in [1.29, 1.82) is 0 Å². The van der Waals surface area contributed by atoms with Gasteiger partial charge in [-0.1, -0.05) is 35.9 Å². The van der Waals surface area contributed by atoms with Gasteiger partial charge in [0.25, 0.3) is 10.0 Å². The number of anilines is 1. The molecule has 0 unspecified atom stereocenters. The van der Waals surface area contributed by atoms with Gasteiger partial charge < -0.3 is 4.74 Å². The van der Waals surface area contributed by atoms with Gasteiger partial charge in [-0.2, -0.15) is 0 Å². The van der Waals surface area contributed by atoms with E-state index < -0.39 is 10.0 Å². The van der Waals surface area contributed by atoms with Gasteiger partial charge in [0.05, 0.1) is 16.3 Å². The van der Waals surface area contributed by atoms with E-state index in [0.717, 1.165) is 10.4 Å². The Hall–Kier alpha value is -2.57. The lowest BCUT2D eigenvalue weighted by Gasteiger charge is -2.32. The number of hydrogen-bond donors (Lipinski definition) is 0. The largest absolute Gasteiger partial charge is 0.485 e. The summed E-state index contributed by atoms with van der Waals surface area (Å²) in [5, 5.41) is 1.96. The van der Waals surface area contributed by atoms with Crippen LogP contribution in [0.4, 0.5) is 5.69 Å². The van der Waals surface area contributed by atoms with E-state index >= 15 is 0 Å². The highest BCUT2D eigenvalue weighted by molar-refractivity contribution is 7.93. The van der Waals surface area contributed by atoms with E-state index in [0.29, 0.717) is 17.1 Å². The molecule has 1 aromatic heterocycles. The Balaban J connectivity index is 1.89. The molecule has 0 bridgehead atoms. The molecule has 0 saturated carbocycles. The van der Waals surface area contributed by atoms with Crippen molar-refractivity contribution in [2.24, 2.45) is 0 Å². The SMILES string of the molecule is Cc1ccc(S(=O)(=O)N2/C(=C/c3cccs3)COc3ccccc32)cc1. The number of nitrogens with zero attached hydrogens (tertiary/aromatic N) is 1. The average Bonchev–Trinajstić information content (AvgIpc) is 3.15. The van der Waals surface area contributed by atoms with E-state index in [2.05, 4.69) is 0 Å². The van der Waals surface area contributed by atoms with E-state index in [1.165, 1.54) is 4.31 Å². The molecule has 0 amide bonds. The molecule has 132 valence electrons. The van der Waals surface area contributed by atoms with Crippen molar-refractivity contribution in [2.45, 2.75) is 11.8 Å². The molecule has 1 aliphatic heterocycles. The van der Waals surface area contributed by atoms with E-state index in [1.807, 2.05) is 54.8 Å². The summed E-state index contributed by atoms with van der Waals surface area (Å²) in [6.45, 7) is 2.13. The van der Waals surface area contributed by atoms with Crippen molar-refractivity contribution in [3.8, 4) is 5.75 Å². The molecular weight excluding hydrogens is 366 g/mol. The average molecular weight is 383 g/mol. The van der Waals surface area contributed by atoms with Crippen molar-refractivity contribution < 1.29 is 13.2 Å². The second-order valence-corrected chi connectivity index (χ2v) is 8.76. The Labute approximate surface area is 157 Å². The summed E-state index contributed by atoms with van der Waals surface area (Å²) >= 11 is 1.55. The van der Waals surface area contributed by atoms with E-state index in [-0.39, 0.29) is 11.5 Å². The van der Waals surface area contributed by atoms with Crippen molar-refractivity contribution in [1.82, 2.24) is 0 Å². The van der Waals surface area contributed by atoms with Crippen molar-refractivity contribution in [2.75, 3.05) is 10.9 Å². The number of benzene rings is 2. The zero-order valence-corrected chi connectivity index (χ0v) is 15.8. The first-order valence-corrected chi connectivity index (χ1v) is 10.5. The summed E-state index contributed by atoms with van der Waals surface area (Å²) in [4.78, 5) is 1.24. The van der Waals surface area contributed by atoms with Crippen LogP contribution in [0.1, 0.15) is 10.4 Å². The summed E-state index contributed by atoms with van der Waals surface area (Å²) in [7, 11) is -3.75. The fourth-order valence-corrected chi connectivity index (χ4v) is 5.04. The summed E-state index contributed by atoms with van der Waals surface area (Å²) in [5.74, 6) is 0.562. The predicted molar refractivity (Wildman–Crippen MR) is 105 cm³/mol. The fourth-order valence-electron chi connectivity index (χ4n) is 2.85. The molecule has 4 nitrogen and oxygen atoms in total. The van der Waals surface area contributed by atoms with Gasteiger partial charge in [-0.3, -0.25) is 0 Å². The van der Waals surface area contributed by atoms with Gasteiger partial charge in [-0.05, 0) is 48.7 Å². The van der Waals surface area contributed by atoms with Crippen molar-refractivity contribution >= 4 is 33.1 Å². The third kappa shape index (κ3) is 3.02. The van der Waals surface area contributed by atoms with Crippen LogP contribution in [0, 0.1) is 6.92 Å². The molecule has 0 aliphatic carbocycles. The summed E-state index contributed by atoms with van der Waals surface area (Å²) < 4.78 is 34.1. The maximum atomic E-state index is 13.4. The number of para-hydroxylation sites is 2. The normalized spacial score (nSPS) is 15.6. The number of rotatable bonds is 3. The zero-order valence-electron chi connectivity index (χ0n) is 14.1. The van der Waals surface area contributed by atoms with Gasteiger partial charge in [0.15, 0.2) is 0 Å². The quantitative estimate of drug-likeness (QED) is 0.659. The Morgan fingerprint density at radius 1 is 1.04 bits per heavy atom. The number of hydrogen-bond acceptors (Lipinski definition) is 4. The lowest BCUT2D eigenvalue weighted by Crippen LogP contribution is -2.36. The highest BCUT2D eigenvalue weighted by atomic mass is 32.2. The van der Waals surface area contributed by atoms with Gasteiger partial charge in [0.1, 0.15) is 12.4 Å². The first-order valence-electron chi connectivity index (χ1n) is 8.13. The minimum atomic E-state index is -3.75.